The molecule has 3 saturated heterocycles. The topological polar surface area (TPSA) is 112 Å². The Bertz CT molecular complexity index is 3000. The normalized spacial score (nSPS) is 35.8. The third-order valence-corrected chi connectivity index (χ3v) is 21.4. The van der Waals surface area contributed by atoms with Crippen LogP contribution in [0, 0.1) is 68.0 Å². The van der Waals surface area contributed by atoms with Crippen molar-refractivity contribution in [3.63, 3.8) is 0 Å². The average Bonchev–Trinajstić information content (AvgIpc) is 4.40. The molecule has 0 spiro atoms. The Balaban J connectivity index is 0.876. The molecule has 9 nitrogen and oxygen atoms in total. The van der Waals surface area contributed by atoms with Crippen LogP contribution in [0.2, 0.25) is 0 Å². The molecule has 3 heterocycles. The van der Waals surface area contributed by atoms with Gasteiger partial charge in [-0.15, -0.1) is 39.5 Å². The standard InChI is InChI=1S/C69H63N3O6/c1-7-49-40-50(8-2)65-32-14-13-31-64(49,65)58(73)70(59(65)74)55-25-19-43(20-26-55)46-37-47(44-21-27-56(28-22-44)71-60(75)66-33-15-16-34-67(66,61(71)76)52(10-4)41-51(66)9-3)39-48(38-46)45-23-29-57(30-24-45)72-62(77)68-35-17-18-36-69(68,63(72)78)54(12-6)42-53(68)11-5/h7-30,37-39,49-54H,1-6,31-36,40-42H2/t49-,50+,51-,52+,53-,54+,64+,65-,66+,67-,68+,69-. The molecule has 12 atom stereocenters. The number of carbonyl (C=O) groups excluding carboxylic acids is 6. The van der Waals surface area contributed by atoms with Crippen LogP contribution in [0.3, 0.4) is 0 Å². The first kappa shape index (κ1) is 49.5. The second-order valence-corrected chi connectivity index (χ2v) is 23.5. The lowest BCUT2D eigenvalue weighted by atomic mass is 9.56. The van der Waals surface area contributed by atoms with Crippen molar-refractivity contribution in [3.05, 3.63) is 203 Å². The lowest BCUT2D eigenvalue weighted by molar-refractivity contribution is -0.135. The van der Waals surface area contributed by atoms with Crippen molar-refractivity contribution >= 4 is 52.5 Å². The van der Waals surface area contributed by atoms with Gasteiger partial charge >= 0.3 is 0 Å². The lowest BCUT2D eigenvalue weighted by Gasteiger charge is -2.41. The summed E-state index contributed by atoms with van der Waals surface area (Å²) >= 11 is 0. The lowest BCUT2D eigenvalue weighted by Crippen LogP contribution is -2.47. The maximum Gasteiger partial charge on any atom is 0.242 e. The van der Waals surface area contributed by atoms with Gasteiger partial charge in [0, 0.05) is 0 Å². The molecule has 390 valence electrons. The van der Waals surface area contributed by atoms with Crippen molar-refractivity contribution in [1.29, 1.82) is 0 Å². The van der Waals surface area contributed by atoms with Gasteiger partial charge in [0.15, 0.2) is 0 Å². The van der Waals surface area contributed by atoms with E-state index in [-0.39, 0.29) is 71.0 Å². The predicted octanol–water partition coefficient (Wildman–Crippen LogP) is 13.3. The van der Waals surface area contributed by atoms with Crippen LogP contribution in [0.15, 0.2) is 203 Å². The number of hydrogen-bond acceptors (Lipinski definition) is 6. The second-order valence-electron chi connectivity index (χ2n) is 23.5. The summed E-state index contributed by atoms with van der Waals surface area (Å²) in [7, 11) is 0. The Hall–Kier alpha value is -8.04. The first-order chi connectivity index (χ1) is 37.8. The summed E-state index contributed by atoms with van der Waals surface area (Å²) in [5, 5.41) is 0. The highest BCUT2D eigenvalue weighted by Crippen LogP contribution is 2.73. The minimum absolute atomic E-state index is 0.173. The fourth-order valence-electron chi connectivity index (χ4n) is 17.7. The molecule has 6 aliphatic carbocycles. The molecule has 0 N–H and O–H groups in total. The van der Waals surface area contributed by atoms with Crippen LogP contribution in [-0.2, 0) is 28.8 Å². The van der Waals surface area contributed by atoms with E-state index in [0.717, 1.165) is 33.4 Å². The maximum atomic E-state index is 14.9. The van der Waals surface area contributed by atoms with Crippen molar-refractivity contribution in [2.75, 3.05) is 14.7 Å². The highest BCUT2D eigenvalue weighted by molar-refractivity contribution is 6.28. The van der Waals surface area contributed by atoms with E-state index >= 15 is 0 Å². The van der Waals surface area contributed by atoms with E-state index in [0.29, 0.717) is 74.8 Å². The number of benzene rings is 4. The summed E-state index contributed by atoms with van der Waals surface area (Å²) < 4.78 is 0. The molecule has 4 aromatic rings. The summed E-state index contributed by atoms with van der Waals surface area (Å²) in [6, 6.07) is 29.0. The molecule has 9 aliphatic rings. The number of amides is 6. The van der Waals surface area contributed by atoms with Crippen LogP contribution in [0.5, 0.6) is 0 Å². The summed E-state index contributed by atoms with van der Waals surface area (Å²) in [5.41, 5.74) is 1.01. The number of anilines is 3. The number of imide groups is 3. The Morgan fingerprint density at radius 1 is 0.295 bits per heavy atom. The van der Waals surface area contributed by atoms with Gasteiger partial charge in [0.1, 0.15) is 0 Å². The molecule has 0 bridgehead atoms. The van der Waals surface area contributed by atoms with Crippen LogP contribution in [0.4, 0.5) is 17.1 Å². The molecular weight excluding hydrogens is 967 g/mol. The maximum absolute atomic E-state index is 14.9. The fourth-order valence-corrected chi connectivity index (χ4v) is 17.7. The Morgan fingerprint density at radius 3 is 0.641 bits per heavy atom. The monoisotopic (exact) mass is 1030 g/mol. The Labute approximate surface area is 456 Å². The van der Waals surface area contributed by atoms with Crippen molar-refractivity contribution in [2.45, 2.75) is 57.8 Å². The highest BCUT2D eigenvalue weighted by atomic mass is 16.2. The van der Waals surface area contributed by atoms with Gasteiger partial charge in [0.25, 0.3) is 0 Å². The molecule has 0 unspecified atom stereocenters. The molecule has 4 aromatic carbocycles. The van der Waals surface area contributed by atoms with Gasteiger partial charge in [-0.1, -0.05) is 109 Å². The van der Waals surface area contributed by atoms with Gasteiger partial charge in [-0.3, -0.25) is 28.8 Å². The summed E-state index contributed by atoms with van der Waals surface area (Å²) in [6.07, 6.45) is 28.1. The summed E-state index contributed by atoms with van der Waals surface area (Å²) in [4.78, 5) is 93.3. The number of hydrogen-bond donors (Lipinski definition) is 0. The third-order valence-electron chi connectivity index (χ3n) is 21.4. The second kappa shape index (κ2) is 17.2. The van der Waals surface area contributed by atoms with E-state index in [1.165, 1.54) is 14.7 Å². The number of carbonyl (C=O) groups is 6. The average molecular weight is 1030 g/mol. The molecule has 3 aliphatic heterocycles. The number of nitrogens with zero attached hydrogens (tertiary/aromatic N) is 3. The van der Waals surface area contributed by atoms with Gasteiger partial charge in [0.2, 0.25) is 35.4 Å². The molecule has 13 rings (SSSR count). The van der Waals surface area contributed by atoms with E-state index in [9.17, 15) is 28.8 Å². The van der Waals surface area contributed by atoms with Gasteiger partial charge in [-0.25, -0.2) is 14.7 Å². The largest absolute Gasteiger partial charge is 0.273 e. The molecule has 78 heavy (non-hydrogen) atoms. The van der Waals surface area contributed by atoms with Crippen molar-refractivity contribution in [1.82, 2.24) is 0 Å². The van der Waals surface area contributed by atoms with Gasteiger partial charge < -0.3 is 0 Å². The van der Waals surface area contributed by atoms with Crippen LogP contribution in [0.1, 0.15) is 57.8 Å². The number of rotatable bonds is 12. The first-order valence-electron chi connectivity index (χ1n) is 27.6. The Kier molecular flexibility index (Phi) is 10.9. The van der Waals surface area contributed by atoms with Crippen molar-refractivity contribution in [3.8, 4) is 33.4 Å². The molecule has 0 radical (unpaired) electrons. The van der Waals surface area contributed by atoms with E-state index in [1.807, 2.05) is 146 Å². The fraction of sp³-hybridized carbons (Fsp3) is 0.304. The summed E-state index contributed by atoms with van der Waals surface area (Å²) in [6.45, 7) is 24.8. The van der Waals surface area contributed by atoms with Crippen LogP contribution in [-0.4, -0.2) is 35.4 Å². The van der Waals surface area contributed by atoms with Crippen LogP contribution in [0.25, 0.3) is 33.4 Å². The Morgan fingerprint density at radius 2 is 0.474 bits per heavy atom. The molecule has 0 aromatic heterocycles. The molecule has 6 fully saturated rings. The van der Waals surface area contributed by atoms with Gasteiger partial charge in [-0.05, 0) is 181 Å². The van der Waals surface area contributed by atoms with E-state index in [1.54, 1.807) is 0 Å². The zero-order valence-corrected chi connectivity index (χ0v) is 44.0. The number of allylic oxidation sites excluding steroid dienone is 12. The first-order valence-corrected chi connectivity index (χ1v) is 27.6. The van der Waals surface area contributed by atoms with Crippen molar-refractivity contribution in [2.24, 2.45) is 68.0 Å². The third kappa shape index (κ3) is 5.66. The zero-order chi connectivity index (χ0) is 54.3. The smallest absolute Gasteiger partial charge is 0.242 e. The van der Waals surface area contributed by atoms with Gasteiger partial charge in [-0.2, -0.15) is 0 Å². The van der Waals surface area contributed by atoms with Gasteiger partial charge in [0.05, 0.1) is 49.6 Å². The minimum Gasteiger partial charge on any atom is -0.273 e. The zero-order valence-electron chi connectivity index (χ0n) is 44.0. The van der Waals surface area contributed by atoms with Crippen LogP contribution >= 0.6 is 0 Å². The molecule has 9 heteroatoms. The molecule has 6 amide bonds. The molecule has 3 saturated carbocycles. The van der Waals surface area contributed by atoms with E-state index < -0.39 is 32.5 Å². The highest BCUT2D eigenvalue weighted by Gasteiger charge is 2.79. The predicted molar refractivity (Wildman–Crippen MR) is 306 cm³/mol. The van der Waals surface area contributed by atoms with Crippen molar-refractivity contribution < 1.29 is 28.8 Å². The van der Waals surface area contributed by atoms with E-state index in [4.69, 9.17) is 0 Å². The molecular formula is C69H63N3O6. The SMILES string of the molecule is C=C[C@@H]1C[C@H](C=C)[C@@]23CC=CC[C@@]12C(=O)N(c1ccc(-c2cc(-c4ccc(N5C(=O)[C@]67CC=CC[C@@]6(C5=O)[C@H](C=C)C[C@@H]7C=C)cc4)cc(-c4ccc(N5C(=O)[C@]67CC=CC[C@@]6(C5=O)[C@H](C=C)C[C@@H]7C=C)cc4)c2)cc1)C3=O. The summed E-state index contributed by atoms with van der Waals surface area (Å²) in [5.74, 6) is -2.19. The quantitative estimate of drug-likeness (QED) is 0.103. The van der Waals surface area contributed by atoms with Crippen LogP contribution < -0.4 is 14.7 Å². The minimum atomic E-state index is -0.928. The van der Waals surface area contributed by atoms with E-state index in [2.05, 4.69) is 57.7 Å².